The Morgan fingerprint density at radius 3 is 1.91 bits per heavy atom. The first-order valence-electron chi connectivity index (χ1n) is 7.96. The van der Waals surface area contributed by atoms with E-state index in [0.29, 0.717) is 38.5 Å². The summed E-state index contributed by atoms with van der Waals surface area (Å²) in [5.41, 5.74) is 0. The standard InChI is InChI=1S/C16H30N2O4/c1-12(2)11-18-16(21)7-10-22-9-6-15(20)17-8-5-14(19)13(3)4/h12-13H,5-11H2,1-4H3,(H,17,20)(H,18,21). The van der Waals surface area contributed by atoms with Crippen molar-refractivity contribution in [2.75, 3.05) is 26.3 Å². The number of nitrogens with one attached hydrogen (secondary N) is 2. The third-order valence-electron chi connectivity index (χ3n) is 2.99. The SMILES string of the molecule is CC(C)CNC(=O)CCOCCC(=O)NCCC(=O)C(C)C. The van der Waals surface area contributed by atoms with Crippen LogP contribution in [-0.2, 0) is 19.1 Å². The molecule has 22 heavy (non-hydrogen) atoms. The first-order chi connectivity index (χ1) is 10.3. The van der Waals surface area contributed by atoms with Gasteiger partial charge in [0.05, 0.1) is 13.2 Å². The summed E-state index contributed by atoms with van der Waals surface area (Å²) in [6.45, 7) is 9.37. The first kappa shape index (κ1) is 20.6. The van der Waals surface area contributed by atoms with Crippen LogP contribution in [-0.4, -0.2) is 43.9 Å². The Balaban J connectivity index is 3.49. The van der Waals surface area contributed by atoms with Crippen molar-refractivity contribution < 1.29 is 19.1 Å². The summed E-state index contributed by atoms with van der Waals surface area (Å²) in [6, 6.07) is 0. The van der Waals surface area contributed by atoms with Crippen molar-refractivity contribution in [1.82, 2.24) is 10.6 Å². The summed E-state index contributed by atoms with van der Waals surface area (Å²) >= 11 is 0. The summed E-state index contributed by atoms with van der Waals surface area (Å²) in [4.78, 5) is 34.3. The number of ether oxygens (including phenoxy) is 1. The molecule has 0 aliphatic carbocycles. The Kier molecular flexibility index (Phi) is 11.4. The summed E-state index contributed by atoms with van der Waals surface area (Å²) in [7, 11) is 0. The van der Waals surface area contributed by atoms with Crippen LogP contribution in [0.1, 0.15) is 47.0 Å². The van der Waals surface area contributed by atoms with E-state index in [-0.39, 0.29) is 36.5 Å². The summed E-state index contributed by atoms with van der Waals surface area (Å²) < 4.78 is 5.26. The van der Waals surface area contributed by atoms with Gasteiger partial charge in [-0.1, -0.05) is 27.7 Å². The van der Waals surface area contributed by atoms with Crippen molar-refractivity contribution in [3.63, 3.8) is 0 Å². The number of ketones is 1. The maximum Gasteiger partial charge on any atom is 0.222 e. The zero-order chi connectivity index (χ0) is 17.0. The minimum absolute atomic E-state index is 0.00192. The smallest absolute Gasteiger partial charge is 0.222 e. The number of amides is 2. The van der Waals surface area contributed by atoms with Crippen molar-refractivity contribution in [3.05, 3.63) is 0 Å². The van der Waals surface area contributed by atoms with Gasteiger partial charge in [0.2, 0.25) is 11.8 Å². The lowest BCUT2D eigenvalue weighted by atomic mass is 10.1. The molecule has 0 saturated heterocycles. The minimum atomic E-state index is -0.138. The van der Waals surface area contributed by atoms with Gasteiger partial charge in [0.25, 0.3) is 0 Å². The van der Waals surface area contributed by atoms with Crippen LogP contribution in [0.5, 0.6) is 0 Å². The van der Waals surface area contributed by atoms with Crippen molar-refractivity contribution in [2.45, 2.75) is 47.0 Å². The Hall–Kier alpha value is -1.43. The number of carbonyl (C=O) groups is 3. The molecule has 0 unspecified atom stereocenters. The summed E-state index contributed by atoms with van der Waals surface area (Å²) in [5.74, 6) is 0.397. The average molecular weight is 314 g/mol. The lowest BCUT2D eigenvalue weighted by molar-refractivity contribution is -0.123. The average Bonchev–Trinajstić information content (AvgIpc) is 2.44. The van der Waals surface area contributed by atoms with E-state index in [1.807, 2.05) is 27.7 Å². The highest BCUT2D eigenvalue weighted by Crippen LogP contribution is 1.97. The number of carbonyl (C=O) groups excluding carboxylic acids is 3. The molecule has 0 saturated carbocycles. The van der Waals surface area contributed by atoms with Gasteiger partial charge in [-0.05, 0) is 5.92 Å². The molecule has 0 aromatic rings. The van der Waals surface area contributed by atoms with Gasteiger partial charge in [-0.2, -0.15) is 0 Å². The van der Waals surface area contributed by atoms with Gasteiger partial charge in [0.15, 0.2) is 0 Å². The zero-order valence-corrected chi connectivity index (χ0v) is 14.2. The Morgan fingerprint density at radius 2 is 1.41 bits per heavy atom. The van der Waals surface area contributed by atoms with Crippen LogP contribution < -0.4 is 10.6 Å². The normalized spacial score (nSPS) is 10.8. The lowest BCUT2D eigenvalue weighted by Gasteiger charge is -2.08. The van der Waals surface area contributed by atoms with E-state index in [4.69, 9.17) is 4.74 Å². The highest BCUT2D eigenvalue weighted by atomic mass is 16.5. The van der Waals surface area contributed by atoms with Gasteiger partial charge in [0.1, 0.15) is 5.78 Å². The van der Waals surface area contributed by atoms with Gasteiger partial charge in [-0.25, -0.2) is 0 Å². The molecule has 0 bridgehead atoms. The van der Waals surface area contributed by atoms with Crippen LogP contribution in [0.4, 0.5) is 0 Å². The van der Waals surface area contributed by atoms with Crippen LogP contribution >= 0.6 is 0 Å². The number of Topliss-reactive ketones (excluding diaryl/α,β-unsaturated/α-hetero) is 1. The van der Waals surface area contributed by atoms with Crippen LogP contribution in [0.2, 0.25) is 0 Å². The van der Waals surface area contributed by atoms with E-state index in [9.17, 15) is 14.4 Å². The topological polar surface area (TPSA) is 84.5 Å². The van der Waals surface area contributed by atoms with Gasteiger partial charge in [-0.15, -0.1) is 0 Å². The van der Waals surface area contributed by atoms with Crippen molar-refractivity contribution in [1.29, 1.82) is 0 Å². The maximum absolute atomic E-state index is 11.5. The summed E-state index contributed by atoms with van der Waals surface area (Å²) in [6.07, 6.45) is 0.904. The predicted octanol–water partition coefficient (Wildman–Crippen LogP) is 1.29. The van der Waals surface area contributed by atoms with Crippen molar-refractivity contribution in [3.8, 4) is 0 Å². The third-order valence-corrected chi connectivity index (χ3v) is 2.99. The van der Waals surface area contributed by atoms with E-state index >= 15 is 0 Å². The van der Waals surface area contributed by atoms with Gasteiger partial charge < -0.3 is 15.4 Å². The molecule has 0 aliphatic rings. The van der Waals surface area contributed by atoms with Gasteiger partial charge in [-0.3, -0.25) is 14.4 Å². The van der Waals surface area contributed by atoms with Crippen LogP contribution in [0.3, 0.4) is 0 Å². The third kappa shape index (κ3) is 12.3. The highest BCUT2D eigenvalue weighted by Gasteiger charge is 2.08. The Morgan fingerprint density at radius 1 is 0.864 bits per heavy atom. The second kappa shape index (κ2) is 12.1. The van der Waals surface area contributed by atoms with Crippen LogP contribution in [0.25, 0.3) is 0 Å². The molecule has 0 atom stereocenters. The second-order valence-corrected chi connectivity index (χ2v) is 6.03. The van der Waals surface area contributed by atoms with Crippen LogP contribution in [0.15, 0.2) is 0 Å². The molecule has 6 heteroatoms. The molecule has 0 aliphatic heterocycles. The lowest BCUT2D eigenvalue weighted by Crippen LogP contribution is -2.29. The largest absolute Gasteiger partial charge is 0.380 e. The maximum atomic E-state index is 11.5. The fraction of sp³-hybridized carbons (Fsp3) is 0.812. The molecule has 0 spiro atoms. The van der Waals surface area contributed by atoms with Gasteiger partial charge >= 0.3 is 0 Å². The van der Waals surface area contributed by atoms with Crippen LogP contribution in [0, 0.1) is 11.8 Å². The minimum Gasteiger partial charge on any atom is -0.380 e. The van der Waals surface area contributed by atoms with E-state index in [1.54, 1.807) is 0 Å². The van der Waals surface area contributed by atoms with E-state index < -0.39 is 0 Å². The monoisotopic (exact) mass is 314 g/mol. The van der Waals surface area contributed by atoms with E-state index in [2.05, 4.69) is 10.6 Å². The van der Waals surface area contributed by atoms with E-state index in [1.165, 1.54) is 0 Å². The number of hydrogen-bond donors (Lipinski definition) is 2. The first-order valence-corrected chi connectivity index (χ1v) is 7.96. The highest BCUT2D eigenvalue weighted by molar-refractivity contribution is 5.81. The van der Waals surface area contributed by atoms with Crippen molar-refractivity contribution in [2.24, 2.45) is 11.8 Å². The molecule has 2 amide bonds. The Bertz CT molecular complexity index is 354. The molecule has 0 radical (unpaired) electrons. The molecule has 0 aromatic heterocycles. The molecule has 6 nitrogen and oxygen atoms in total. The predicted molar refractivity (Wildman–Crippen MR) is 85.4 cm³/mol. The molecule has 0 rings (SSSR count). The fourth-order valence-electron chi connectivity index (χ4n) is 1.54. The number of rotatable bonds is 12. The van der Waals surface area contributed by atoms with E-state index in [0.717, 1.165) is 0 Å². The zero-order valence-electron chi connectivity index (χ0n) is 14.2. The molecule has 0 fully saturated rings. The molecule has 128 valence electrons. The molecule has 0 heterocycles. The molecule has 2 N–H and O–H groups in total. The molecular weight excluding hydrogens is 284 g/mol. The van der Waals surface area contributed by atoms with Gasteiger partial charge in [0, 0.05) is 38.3 Å². The fourth-order valence-corrected chi connectivity index (χ4v) is 1.54. The molecular formula is C16H30N2O4. The van der Waals surface area contributed by atoms with Crippen molar-refractivity contribution >= 4 is 17.6 Å². The number of hydrogen-bond acceptors (Lipinski definition) is 4. The quantitative estimate of drug-likeness (QED) is 0.532. The second-order valence-electron chi connectivity index (χ2n) is 6.03. The Labute approximate surface area is 133 Å². The molecule has 0 aromatic carbocycles. The summed E-state index contributed by atoms with van der Waals surface area (Å²) in [5, 5.41) is 5.48.